The maximum atomic E-state index is 6.13. The number of aryl methyl sites for hydroxylation is 2. The van der Waals surface area contributed by atoms with Crippen LogP contribution in [0.25, 0.3) is 11.3 Å². The number of anilines is 1. The van der Waals surface area contributed by atoms with E-state index in [1.807, 2.05) is 19.9 Å². The number of ether oxygens (including phenoxy) is 1. The number of nitrogens with zero attached hydrogens (tertiary/aromatic N) is 4. The van der Waals surface area contributed by atoms with Gasteiger partial charge in [0.25, 0.3) is 0 Å². The van der Waals surface area contributed by atoms with E-state index in [0.717, 1.165) is 35.0 Å². The van der Waals surface area contributed by atoms with E-state index in [1.54, 1.807) is 0 Å². The minimum Gasteiger partial charge on any atom is -0.377 e. The summed E-state index contributed by atoms with van der Waals surface area (Å²) in [6.45, 7) is 8.24. The van der Waals surface area contributed by atoms with E-state index in [1.165, 1.54) is 0 Å². The second kappa shape index (κ2) is 5.61. The Kier molecular flexibility index (Phi) is 3.82. The number of halogens is 1. The topological polar surface area (TPSA) is 66.9 Å². The molecule has 112 valence electrons. The molecule has 1 N–H and O–H groups in total. The summed E-state index contributed by atoms with van der Waals surface area (Å²) in [6.07, 6.45) is 0. The van der Waals surface area contributed by atoms with Gasteiger partial charge in [-0.1, -0.05) is 0 Å². The zero-order chi connectivity index (χ0) is 15.0. The van der Waals surface area contributed by atoms with E-state index in [-0.39, 0.29) is 11.3 Å². The van der Waals surface area contributed by atoms with Crippen molar-refractivity contribution < 1.29 is 4.74 Å². The van der Waals surface area contributed by atoms with Gasteiger partial charge >= 0.3 is 0 Å². The van der Waals surface area contributed by atoms with Crippen molar-refractivity contribution in [3.63, 3.8) is 0 Å². The number of morpholine rings is 1. The molecule has 0 unspecified atom stereocenters. The van der Waals surface area contributed by atoms with Crippen molar-refractivity contribution in [1.29, 1.82) is 0 Å². The zero-order valence-corrected chi connectivity index (χ0v) is 13.1. The van der Waals surface area contributed by atoms with Gasteiger partial charge in [0.1, 0.15) is 5.82 Å². The molecule has 7 heteroatoms. The first-order valence-corrected chi connectivity index (χ1v) is 7.35. The third kappa shape index (κ3) is 2.73. The van der Waals surface area contributed by atoms with Crippen LogP contribution in [0, 0.1) is 13.8 Å². The molecule has 21 heavy (non-hydrogen) atoms. The minimum absolute atomic E-state index is 0.251. The van der Waals surface area contributed by atoms with E-state index in [2.05, 4.69) is 32.0 Å². The smallest absolute Gasteiger partial charge is 0.224 e. The Hall–Kier alpha value is -1.66. The van der Waals surface area contributed by atoms with Gasteiger partial charge in [-0.2, -0.15) is 5.10 Å². The average molecular weight is 308 g/mol. The maximum absolute atomic E-state index is 6.13. The number of aromatic amines is 1. The summed E-state index contributed by atoms with van der Waals surface area (Å²) in [5.41, 5.74) is 3.67. The Labute approximate surface area is 128 Å². The first-order valence-electron chi connectivity index (χ1n) is 6.97. The first kappa shape index (κ1) is 14.3. The summed E-state index contributed by atoms with van der Waals surface area (Å²) in [5.74, 6) is 0.834. The number of aromatic nitrogens is 4. The SMILES string of the molecule is Cc1n[nH]c(C)c1-c1cc(N2CCOC[C@H]2C)nc(Cl)n1. The second-order valence-electron chi connectivity index (χ2n) is 5.31. The summed E-state index contributed by atoms with van der Waals surface area (Å²) < 4.78 is 5.47. The molecule has 2 aromatic heterocycles. The molecule has 0 radical (unpaired) electrons. The van der Waals surface area contributed by atoms with Crippen molar-refractivity contribution >= 4 is 17.4 Å². The molecule has 2 aromatic rings. The molecule has 0 aliphatic carbocycles. The number of hydrogen-bond acceptors (Lipinski definition) is 5. The molecule has 3 rings (SSSR count). The standard InChI is InChI=1S/C14H18ClN5O/c1-8-7-21-5-4-20(8)12-6-11(16-14(15)17-12)13-9(2)18-19-10(13)3/h6,8H,4-5,7H2,1-3H3,(H,18,19)/t8-/m1/s1. The van der Waals surface area contributed by atoms with Crippen molar-refractivity contribution in [2.45, 2.75) is 26.8 Å². The van der Waals surface area contributed by atoms with Gasteiger partial charge in [0, 0.05) is 23.9 Å². The average Bonchev–Trinajstić information content (AvgIpc) is 2.78. The molecule has 0 amide bonds. The summed E-state index contributed by atoms with van der Waals surface area (Å²) in [5, 5.41) is 7.44. The number of H-pyrrole nitrogens is 1. The van der Waals surface area contributed by atoms with E-state index < -0.39 is 0 Å². The highest BCUT2D eigenvalue weighted by atomic mass is 35.5. The van der Waals surface area contributed by atoms with Crippen LogP contribution in [0.4, 0.5) is 5.82 Å². The Morgan fingerprint density at radius 1 is 1.38 bits per heavy atom. The lowest BCUT2D eigenvalue weighted by Gasteiger charge is -2.34. The van der Waals surface area contributed by atoms with Crippen LogP contribution < -0.4 is 4.90 Å². The van der Waals surface area contributed by atoms with Gasteiger partial charge in [-0.05, 0) is 32.4 Å². The van der Waals surface area contributed by atoms with Crippen LogP contribution >= 0.6 is 11.6 Å². The van der Waals surface area contributed by atoms with Crippen LogP contribution in [0.2, 0.25) is 5.28 Å². The Bertz CT molecular complexity index is 637. The molecule has 0 saturated carbocycles. The molecule has 1 atom stereocenters. The highest BCUT2D eigenvalue weighted by molar-refractivity contribution is 6.28. The molecule has 6 nitrogen and oxygen atoms in total. The fourth-order valence-electron chi connectivity index (χ4n) is 2.68. The summed E-state index contributed by atoms with van der Waals surface area (Å²) >= 11 is 6.13. The van der Waals surface area contributed by atoms with Gasteiger partial charge in [-0.15, -0.1) is 0 Å². The molecule has 1 saturated heterocycles. The van der Waals surface area contributed by atoms with Gasteiger partial charge in [0.2, 0.25) is 5.28 Å². The summed E-state index contributed by atoms with van der Waals surface area (Å²) in [6, 6.07) is 2.24. The summed E-state index contributed by atoms with van der Waals surface area (Å²) in [4.78, 5) is 10.9. The Balaban J connectivity index is 2.04. The van der Waals surface area contributed by atoms with Crippen LogP contribution in [0.5, 0.6) is 0 Å². The molecule has 1 fully saturated rings. The summed E-state index contributed by atoms with van der Waals surface area (Å²) in [7, 11) is 0. The maximum Gasteiger partial charge on any atom is 0.224 e. The third-order valence-electron chi connectivity index (χ3n) is 3.73. The first-order chi connectivity index (χ1) is 10.1. The highest BCUT2D eigenvalue weighted by Crippen LogP contribution is 2.28. The fraction of sp³-hybridized carbons (Fsp3) is 0.500. The number of rotatable bonds is 2. The largest absolute Gasteiger partial charge is 0.377 e. The third-order valence-corrected chi connectivity index (χ3v) is 3.90. The van der Waals surface area contributed by atoms with Crippen LogP contribution in [0.15, 0.2) is 6.07 Å². The van der Waals surface area contributed by atoms with Gasteiger partial charge in [0.05, 0.1) is 30.6 Å². The van der Waals surface area contributed by atoms with Crippen LogP contribution in [-0.4, -0.2) is 46.0 Å². The fourth-order valence-corrected chi connectivity index (χ4v) is 2.85. The molecule has 3 heterocycles. The van der Waals surface area contributed by atoms with Gasteiger partial charge < -0.3 is 9.64 Å². The quantitative estimate of drug-likeness (QED) is 0.863. The molecular formula is C14H18ClN5O. The highest BCUT2D eigenvalue weighted by Gasteiger charge is 2.22. The van der Waals surface area contributed by atoms with Crippen LogP contribution in [-0.2, 0) is 4.74 Å². The second-order valence-corrected chi connectivity index (χ2v) is 5.64. The van der Waals surface area contributed by atoms with Crippen molar-refractivity contribution in [2.75, 3.05) is 24.7 Å². The molecular weight excluding hydrogens is 290 g/mol. The van der Waals surface area contributed by atoms with E-state index in [9.17, 15) is 0 Å². The Morgan fingerprint density at radius 3 is 2.86 bits per heavy atom. The zero-order valence-electron chi connectivity index (χ0n) is 12.4. The lowest BCUT2D eigenvalue weighted by Crippen LogP contribution is -2.44. The van der Waals surface area contributed by atoms with E-state index in [4.69, 9.17) is 16.3 Å². The number of hydrogen-bond donors (Lipinski definition) is 1. The van der Waals surface area contributed by atoms with Crippen molar-refractivity contribution in [3.8, 4) is 11.3 Å². The predicted octanol–water partition coefficient (Wildman–Crippen LogP) is 2.36. The molecule has 0 bridgehead atoms. The number of nitrogens with one attached hydrogen (secondary N) is 1. The normalized spacial score (nSPS) is 19.0. The van der Waals surface area contributed by atoms with Crippen molar-refractivity contribution in [1.82, 2.24) is 20.2 Å². The lowest BCUT2D eigenvalue weighted by atomic mass is 10.1. The van der Waals surface area contributed by atoms with Gasteiger partial charge in [-0.3, -0.25) is 5.10 Å². The lowest BCUT2D eigenvalue weighted by molar-refractivity contribution is 0.0985. The van der Waals surface area contributed by atoms with E-state index in [0.29, 0.717) is 13.2 Å². The molecule has 1 aliphatic heterocycles. The van der Waals surface area contributed by atoms with E-state index >= 15 is 0 Å². The van der Waals surface area contributed by atoms with Crippen LogP contribution in [0.3, 0.4) is 0 Å². The molecule has 0 aromatic carbocycles. The van der Waals surface area contributed by atoms with Crippen molar-refractivity contribution in [3.05, 3.63) is 22.7 Å². The monoisotopic (exact) mass is 307 g/mol. The Morgan fingerprint density at radius 2 is 2.19 bits per heavy atom. The predicted molar refractivity (Wildman–Crippen MR) is 81.7 cm³/mol. The van der Waals surface area contributed by atoms with Gasteiger partial charge in [-0.25, -0.2) is 9.97 Å². The molecule has 1 aliphatic rings. The van der Waals surface area contributed by atoms with Gasteiger partial charge in [0.15, 0.2) is 0 Å². The van der Waals surface area contributed by atoms with Crippen LogP contribution in [0.1, 0.15) is 18.3 Å². The van der Waals surface area contributed by atoms with Crippen molar-refractivity contribution in [2.24, 2.45) is 0 Å². The molecule has 0 spiro atoms. The minimum atomic E-state index is 0.251.